The van der Waals surface area contributed by atoms with E-state index in [4.69, 9.17) is 5.73 Å². The van der Waals surface area contributed by atoms with Gasteiger partial charge >= 0.3 is 0 Å². The summed E-state index contributed by atoms with van der Waals surface area (Å²) < 4.78 is 1.18. The first kappa shape index (κ1) is 11.3. The predicted octanol–water partition coefficient (Wildman–Crippen LogP) is 3.93. The lowest BCUT2D eigenvalue weighted by atomic mass is 10.2. The highest BCUT2D eigenvalue weighted by molar-refractivity contribution is 14.1. The molecule has 3 heteroatoms. The van der Waals surface area contributed by atoms with Crippen LogP contribution >= 0.6 is 22.6 Å². The standard InChI is InChI=1S/C13H13IN2/c1-9-6-7-11(15)13(8-9)16-12-5-3-2-4-10(12)14/h2-8,16H,15H2,1H3. The Morgan fingerprint density at radius 1 is 1.06 bits per heavy atom. The number of halogens is 1. The topological polar surface area (TPSA) is 38.0 Å². The Morgan fingerprint density at radius 2 is 1.81 bits per heavy atom. The van der Waals surface area contributed by atoms with Gasteiger partial charge in [-0.2, -0.15) is 0 Å². The highest BCUT2D eigenvalue weighted by Gasteiger charge is 2.02. The summed E-state index contributed by atoms with van der Waals surface area (Å²) >= 11 is 2.30. The Labute approximate surface area is 109 Å². The number of hydrogen-bond donors (Lipinski definition) is 2. The largest absolute Gasteiger partial charge is 0.397 e. The van der Waals surface area contributed by atoms with E-state index in [9.17, 15) is 0 Å². The molecule has 0 unspecified atom stereocenters. The average Bonchev–Trinajstić information content (AvgIpc) is 2.27. The molecule has 0 fully saturated rings. The summed E-state index contributed by atoms with van der Waals surface area (Å²) in [7, 11) is 0. The van der Waals surface area contributed by atoms with Crippen molar-refractivity contribution in [3.05, 3.63) is 51.6 Å². The molecule has 2 rings (SSSR count). The molecule has 2 aromatic rings. The Morgan fingerprint density at radius 3 is 2.56 bits per heavy atom. The maximum atomic E-state index is 5.92. The van der Waals surface area contributed by atoms with Crippen LogP contribution in [0.25, 0.3) is 0 Å². The molecule has 2 aromatic carbocycles. The second-order valence-corrected chi connectivity index (χ2v) is 4.86. The first-order valence-corrected chi connectivity index (χ1v) is 6.12. The Bertz CT molecular complexity index is 509. The molecule has 82 valence electrons. The number of rotatable bonds is 2. The van der Waals surface area contributed by atoms with Gasteiger partial charge in [0.2, 0.25) is 0 Å². The molecule has 0 aliphatic heterocycles. The first-order chi connectivity index (χ1) is 7.66. The van der Waals surface area contributed by atoms with Crippen molar-refractivity contribution in [3.63, 3.8) is 0 Å². The van der Waals surface area contributed by atoms with Gasteiger partial charge in [-0.3, -0.25) is 0 Å². The third-order valence-corrected chi connectivity index (χ3v) is 3.29. The number of anilines is 3. The van der Waals surface area contributed by atoms with Crippen LogP contribution in [0.5, 0.6) is 0 Å². The fourth-order valence-corrected chi connectivity index (χ4v) is 2.01. The Balaban J connectivity index is 2.34. The minimum atomic E-state index is 0.769. The zero-order valence-electron chi connectivity index (χ0n) is 9.00. The van der Waals surface area contributed by atoms with Crippen LogP contribution in [0.1, 0.15) is 5.56 Å². The number of aryl methyl sites for hydroxylation is 1. The van der Waals surface area contributed by atoms with Crippen LogP contribution in [0, 0.1) is 10.5 Å². The minimum absolute atomic E-state index is 0.769. The molecule has 0 saturated heterocycles. The molecular formula is C13H13IN2. The highest BCUT2D eigenvalue weighted by Crippen LogP contribution is 2.26. The van der Waals surface area contributed by atoms with Gasteiger partial charge < -0.3 is 11.1 Å². The molecule has 16 heavy (non-hydrogen) atoms. The Kier molecular flexibility index (Phi) is 3.33. The van der Waals surface area contributed by atoms with Gasteiger partial charge in [-0.15, -0.1) is 0 Å². The van der Waals surface area contributed by atoms with Gasteiger partial charge in [0.25, 0.3) is 0 Å². The third-order valence-electron chi connectivity index (χ3n) is 2.35. The molecule has 0 amide bonds. The summed E-state index contributed by atoms with van der Waals surface area (Å²) in [5.74, 6) is 0. The van der Waals surface area contributed by atoms with Crippen molar-refractivity contribution in [2.45, 2.75) is 6.92 Å². The van der Waals surface area contributed by atoms with Gasteiger partial charge in [0.15, 0.2) is 0 Å². The zero-order valence-corrected chi connectivity index (χ0v) is 11.2. The van der Waals surface area contributed by atoms with E-state index < -0.39 is 0 Å². The lowest BCUT2D eigenvalue weighted by molar-refractivity contribution is 1.44. The lowest BCUT2D eigenvalue weighted by Crippen LogP contribution is -1.97. The van der Waals surface area contributed by atoms with Crippen molar-refractivity contribution in [2.75, 3.05) is 11.1 Å². The molecular weight excluding hydrogens is 311 g/mol. The molecule has 0 atom stereocenters. The molecule has 0 saturated carbocycles. The number of nitrogens with one attached hydrogen (secondary N) is 1. The summed E-state index contributed by atoms with van der Waals surface area (Å²) in [4.78, 5) is 0. The van der Waals surface area contributed by atoms with Gasteiger partial charge in [0.05, 0.1) is 17.1 Å². The first-order valence-electron chi connectivity index (χ1n) is 5.04. The molecule has 0 aliphatic carbocycles. The van der Waals surface area contributed by atoms with Crippen molar-refractivity contribution in [2.24, 2.45) is 0 Å². The molecule has 0 bridgehead atoms. The maximum absolute atomic E-state index is 5.92. The lowest BCUT2D eigenvalue weighted by Gasteiger charge is -2.11. The second kappa shape index (κ2) is 4.74. The van der Waals surface area contributed by atoms with Crippen LogP contribution in [0.4, 0.5) is 17.1 Å². The van der Waals surface area contributed by atoms with E-state index in [1.165, 1.54) is 9.13 Å². The number of nitrogen functional groups attached to an aromatic ring is 1. The molecule has 2 nitrogen and oxygen atoms in total. The fraction of sp³-hybridized carbons (Fsp3) is 0.0769. The monoisotopic (exact) mass is 324 g/mol. The third kappa shape index (κ3) is 2.47. The normalized spacial score (nSPS) is 10.1. The molecule has 0 spiro atoms. The van der Waals surface area contributed by atoms with Crippen molar-refractivity contribution in [1.29, 1.82) is 0 Å². The Hall–Kier alpha value is -1.23. The quantitative estimate of drug-likeness (QED) is 0.649. The smallest absolute Gasteiger partial charge is 0.0620 e. The van der Waals surface area contributed by atoms with E-state index in [1.807, 2.05) is 30.3 Å². The fourth-order valence-electron chi connectivity index (χ4n) is 1.49. The summed E-state index contributed by atoms with van der Waals surface area (Å²) in [6.45, 7) is 2.06. The van der Waals surface area contributed by atoms with E-state index in [0.29, 0.717) is 0 Å². The van der Waals surface area contributed by atoms with Crippen molar-refractivity contribution in [3.8, 4) is 0 Å². The molecule has 0 heterocycles. The van der Waals surface area contributed by atoms with E-state index >= 15 is 0 Å². The van der Waals surface area contributed by atoms with Gasteiger partial charge in [-0.25, -0.2) is 0 Å². The number of para-hydroxylation sites is 1. The summed E-state index contributed by atoms with van der Waals surface area (Å²) in [5.41, 5.74) is 9.93. The summed E-state index contributed by atoms with van der Waals surface area (Å²) in [6.07, 6.45) is 0. The van der Waals surface area contributed by atoms with Crippen molar-refractivity contribution < 1.29 is 0 Å². The van der Waals surface area contributed by atoms with Crippen LogP contribution < -0.4 is 11.1 Å². The number of hydrogen-bond acceptors (Lipinski definition) is 2. The number of benzene rings is 2. The number of nitrogens with two attached hydrogens (primary N) is 1. The van der Waals surface area contributed by atoms with Crippen LogP contribution in [-0.4, -0.2) is 0 Å². The van der Waals surface area contributed by atoms with Crippen LogP contribution in [0.15, 0.2) is 42.5 Å². The zero-order chi connectivity index (χ0) is 11.5. The van der Waals surface area contributed by atoms with E-state index in [0.717, 1.165) is 17.1 Å². The van der Waals surface area contributed by atoms with Crippen LogP contribution in [0.2, 0.25) is 0 Å². The van der Waals surface area contributed by atoms with Gasteiger partial charge in [0, 0.05) is 3.57 Å². The van der Waals surface area contributed by atoms with E-state index in [-0.39, 0.29) is 0 Å². The van der Waals surface area contributed by atoms with Crippen molar-refractivity contribution in [1.82, 2.24) is 0 Å². The van der Waals surface area contributed by atoms with E-state index in [1.54, 1.807) is 0 Å². The molecule has 0 radical (unpaired) electrons. The van der Waals surface area contributed by atoms with Gasteiger partial charge in [-0.1, -0.05) is 18.2 Å². The minimum Gasteiger partial charge on any atom is -0.397 e. The van der Waals surface area contributed by atoms with Crippen LogP contribution in [-0.2, 0) is 0 Å². The highest BCUT2D eigenvalue weighted by atomic mass is 127. The van der Waals surface area contributed by atoms with E-state index in [2.05, 4.69) is 47.0 Å². The average molecular weight is 324 g/mol. The summed E-state index contributed by atoms with van der Waals surface area (Å²) in [6, 6.07) is 14.1. The summed E-state index contributed by atoms with van der Waals surface area (Å²) in [5, 5.41) is 3.35. The molecule has 0 aromatic heterocycles. The van der Waals surface area contributed by atoms with Gasteiger partial charge in [0.1, 0.15) is 0 Å². The van der Waals surface area contributed by atoms with Gasteiger partial charge in [-0.05, 0) is 59.3 Å². The SMILES string of the molecule is Cc1ccc(N)c(Nc2ccccc2I)c1. The second-order valence-electron chi connectivity index (χ2n) is 3.70. The molecule has 3 N–H and O–H groups in total. The predicted molar refractivity (Wildman–Crippen MR) is 78.0 cm³/mol. The van der Waals surface area contributed by atoms with Crippen molar-refractivity contribution >= 4 is 39.7 Å². The molecule has 0 aliphatic rings. The van der Waals surface area contributed by atoms with Crippen LogP contribution in [0.3, 0.4) is 0 Å². The maximum Gasteiger partial charge on any atom is 0.0620 e.